The first-order valence-electron chi connectivity index (χ1n) is 15.1. The maximum absolute atomic E-state index is 13.6. The van der Waals surface area contributed by atoms with Gasteiger partial charge in [-0.15, -0.1) is 23.1 Å². The Kier molecular flexibility index (Phi) is 8.82. The zero-order valence-electron chi connectivity index (χ0n) is 26.8. The summed E-state index contributed by atoms with van der Waals surface area (Å²) < 4.78 is 61.6. The van der Waals surface area contributed by atoms with E-state index in [1.807, 2.05) is 49.4 Å². The lowest BCUT2D eigenvalue weighted by Gasteiger charge is -2.45. The molecule has 3 atom stereocenters. The number of guanidine groups is 1. The van der Waals surface area contributed by atoms with E-state index in [4.69, 9.17) is 10.1 Å². The van der Waals surface area contributed by atoms with Crippen LogP contribution >= 0.6 is 23.1 Å². The molecule has 1 unspecified atom stereocenters. The molecule has 3 aliphatic rings. The van der Waals surface area contributed by atoms with Gasteiger partial charge < -0.3 is 15.4 Å². The van der Waals surface area contributed by atoms with Crippen molar-refractivity contribution in [2.45, 2.75) is 36.1 Å². The number of nitrogens with zero attached hydrogens (tertiary/aromatic N) is 3. The van der Waals surface area contributed by atoms with E-state index in [0.717, 1.165) is 31.0 Å². The number of rotatable bonds is 7. The molecule has 15 heteroatoms. The fourth-order valence-corrected chi connectivity index (χ4v) is 12.0. The lowest BCUT2D eigenvalue weighted by atomic mass is 9.94. The summed E-state index contributed by atoms with van der Waals surface area (Å²) in [5.74, 6) is 0.354. The first-order chi connectivity index (χ1) is 22.7. The standard InChI is InChI=1S/C33H36N6O5S4/c1-32(28-13-11-27(45-28)24-9-6-10-25(18-24)44-4)20-47(40,41)38(2)30(36-32)15-16-33(21-48(42,43)39(3)31(35)37-33)29-14-12-26(46-29)23-8-5-7-22(17-23)19-34/h5-12,14-15,17-18,28,36H,13,16,20-21H2,1-4H3,(H2,35,37)/t28?,32-,33-/m0/s1. The molecule has 2 fully saturated rings. The third kappa shape index (κ3) is 6.29. The van der Waals surface area contributed by atoms with Crippen LogP contribution in [-0.4, -0.2) is 74.9 Å². The summed E-state index contributed by atoms with van der Waals surface area (Å²) in [4.78, 5) is 2.55. The second-order valence-electron chi connectivity index (χ2n) is 12.3. The molecule has 4 heterocycles. The minimum absolute atomic E-state index is 0.0734. The van der Waals surface area contributed by atoms with E-state index in [-0.39, 0.29) is 29.1 Å². The molecule has 0 bridgehead atoms. The van der Waals surface area contributed by atoms with Crippen LogP contribution in [0.3, 0.4) is 0 Å². The van der Waals surface area contributed by atoms with Crippen LogP contribution in [-0.2, 0) is 25.6 Å². The minimum atomic E-state index is -3.89. The molecule has 1 aromatic heterocycles. The van der Waals surface area contributed by atoms with Crippen molar-refractivity contribution < 1.29 is 21.6 Å². The number of hydrogen-bond acceptors (Lipinski definition) is 10. The van der Waals surface area contributed by atoms with Crippen molar-refractivity contribution in [2.75, 3.05) is 32.7 Å². The van der Waals surface area contributed by atoms with Gasteiger partial charge in [0.1, 0.15) is 11.6 Å². The summed E-state index contributed by atoms with van der Waals surface area (Å²) in [6.07, 6.45) is 4.58. The summed E-state index contributed by atoms with van der Waals surface area (Å²) in [7, 11) is -3.17. The van der Waals surface area contributed by atoms with E-state index in [0.29, 0.717) is 22.7 Å². The third-order valence-electron chi connectivity index (χ3n) is 9.02. The first kappa shape index (κ1) is 33.9. The van der Waals surface area contributed by atoms with Crippen molar-refractivity contribution in [1.29, 1.82) is 10.7 Å². The van der Waals surface area contributed by atoms with Crippen LogP contribution in [0, 0.1) is 16.7 Å². The molecular formula is C33H36N6O5S4. The van der Waals surface area contributed by atoms with Gasteiger partial charge in [0, 0.05) is 34.0 Å². The SMILES string of the molecule is COc1cccc(C2=CCC([C@]3(C)CS(=O)(=O)N(C)C(=CC[C@@]4(c5ccc(-c6cccc(C#N)c6)s5)CS(=O)(=O)N(C)C(=N)N4)N3)S2)c1. The van der Waals surface area contributed by atoms with Gasteiger partial charge in [0.15, 0.2) is 0 Å². The quantitative estimate of drug-likeness (QED) is 0.315. The lowest BCUT2D eigenvalue weighted by Crippen LogP contribution is -2.63. The predicted octanol–water partition coefficient (Wildman–Crippen LogP) is 4.69. The predicted molar refractivity (Wildman–Crippen MR) is 191 cm³/mol. The number of allylic oxidation sites excluding steroid dienone is 1. The number of ether oxygens (including phenoxy) is 1. The zero-order chi connectivity index (χ0) is 34.5. The number of hydrogen-bond donors (Lipinski definition) is 3. The summed E-state index contributed by atoms with van der Waals surface area (Å²) in [5.41, 5.74) is 0.231. The highest BCUT2D eigenvalue weighted by Crippen LogP contribution is 2.46. The molecule has 0 saturated carbocycles. The van der Waals surface area contributed by atoms with E-state index in [9.17, 15) is 22.1 Å². The fourth-order valence-electron chi connectivity index (χ4n) is 6.20. The first-order valence-corrected chi connectivity index (χ1v) is 20.0. The molecule has 0 radical (unpaired) electrons. The minimum Gasteiger partial charge on any atom is -0.497 e. The number of sulfonamides is 2. The van der Waals surface area contributed by atoms with Gasteiger partial charge in [-0.2, -0.15) is 5.26 Å². The highest BCUT2D eigenvalue weighted by Gasteiger charge is 2.49. The number of benzene rings is 2. The van der Waals surface area contributed by atoms with Crippen LogP contribution in [0.5, 0.6) is 5.75 Å². The summed E-state index contributed by atoms with van der Waals surface area (Å²) in [6.45, 7) is 1.91. The van der Waals surface area contributed by atoms with Gasteiger partial charge in [-0.05, 0) is 73.4 Å². The lowest BCUT2D eigenvalue weighted by molar-refractivity contribution is 0.334. The average Bonchev–Trinajstić information content (AvgIpc) is 3.77. The third-order valence-corrected chi connectivity index (χ3v) is 15.9. The van der Waals surface area contributed by atoms with Crippen LogP contribution < -0.4 is 15.4 Å². The monoisotopic (exact) mass is 724 g/mol. The highest BCUT2D eigenvalue weighted by atomic mass is 32.2. The zero-order valence-corrected chi connectivity index (χ0v) is 30.1. The molecule has 2 saturated heterocycles. The fraction of sp³-hybridized carbons (Fsp3) is 0.333. The van der Waals surface area contributed by atoms with Crippen LogP contribution in [0.2, 0.25) is 0 Å². The Labute approximate surface area is 289 Å². The summed E-state index contributed by atoms with van der Waals surface area (Å²) in [5, 5.41) is 24.5. The maximum Gasteiger partial charge on any atom is 0.239 e. The molecule has 11 nitrogen and oxygen atoms in total. The Morgan fingerprint density at radius 3 is 2.48 bits per heavy atom. The Balaban J connectivity index is 1.33. The number of thiophene rings is 1. The highest BCUT2D eigenvalue weighted by molar-refractivity contribution is 8.09. The van der Waals surface area contributed by atoms with Crippen LogP contribution in [0.25, 0.3) is 15.3 Å². The molecule has 0 spiro atoms. The molecule has 3 N–H and O–H groups in total. The van der Waals surface area contributed by atoms with E-state index >= 15 is 0 Å². The number of methoxy groups -OCH3 is 1. The second-order valence-corrected chi connectivity index (χ2v) is 18.7. The van der Waals surface area contributed by atoms with Crippen LogP contribution in [0.1, 0.15) is 35.8 Å². The Morgan fingerprint density at radius 2 is 1.75 bits per heavy atom. The Hall–Kier alpha value is -3.97. The molecule has 2 aromatic carbocycles. The average molecular weight is 725 g/mol. The molecule has 48 heavy (non-hydrogen) atoms. The van der Waals surface area contributed by atoms with Gasteiger partial charge in [0.05, 0.1) is 41.3 Å². The van der Waals surface area contributed by atoms with Gasteiger partial charge in [-0.3, -0.25) is 9.71 Å². The van der Waals surface area contributed by atoms with E-state index in [1.165, 1.54) is 29.7 Å². The van der Waals surface area contributed by atoms with Crippen LogP contribution in [0.4, 0.5) is 0 Å². The Bertz CT molecular complexity index is 2100. The van der Waals surface area contributed by atoms with E-state index < -0.39 is 31.1 Å². The largest absolute Gasteiger partial charge is 0.497 e. The summed E-state index contributed by atoms with van der Waals surface area (Å²) in [6, 6.07) is 20.8. The number of nitrogens with one attached hydrogen (secondary N) is 3. The molecule has 6 rings (SSSR count). The Morgan fingerprint density at radius 1 is 1.02 bits per heavy atom. The van der Waals surface area contributed by atoms with E-state index in [2.05, 4.69) is 22.8 Å². The van der Waals surface area contributed by atoms with Crippen molar-refractivity contribution in [3.8, 4) is 22.3 Å². The maximum atomic E-state index is 13.6. The van der Waals surface area contributed by atoms with Crippen molar-refractivity contribution in [1.82, 2.24) is 19.2 Å². The van der Waals surface area contributed by atoms with Gasteiger partial charge in [0.25, 0.3) is 0 Å². The normalized spacial score (nSPS) is 27.1. The van der Waals surface area contributed by atoms with Gasteiger partial charge in [-0.1, -0.05) is 30.3 Å². The van der Waals surface area contributed by atoms with Crippen molar-refractivity contribution in [2.24, 2.45) is 0 Å². The molecule has 252 valence electrons. The molecular weight excluding hydrogens is 689 g/mol. The van der Waals surface area contributed by atoms with Crippen molar-refractivity contribution >= 4 is 54.0 Å². The van der Waals surface area contributed by atoms with Crippen molar-refractivity contribution in [3.63, 3.8) is 0 Å². The van der Waals surface area contributed by atoms with E-state index in [1.54, 1.807) is 43.1 Å². The van der Waals surface area contributed by atoms with Gasteiger partial charge in [0.2, 0.25) is 26.0 Å². The number of nitriles is 1. The molecule has 3 aromatic rings. The van der Waals surface area contributed by atoms with Gasteiger partial charge in [-0.25, -0.2) is 21.1 Å². The van der Waals surface area contributed by atoms with Crippen molar-refractivity contribution in [3.05, 3.63) is 94.6 Å². The smallest absolute Gasteiger partial charge is 0.239 e. The second kappa shape index (κ2) is 12.5. The van der Waals surface area contributed by atoms with Gasteiger partial charge >= 0.3 is 0 Å². The molecule has 3 aliphatic heterocycles. The molecule has 0 aliphatic carbocycles. The summed E-state index contributed by atoms with van der Waals surface area (Å²) >= 11 is 3.00. The van der Waals surface area contributed by atoms with Crippen LogP contribution in [0.15, 0.2) is 78.6 Å². The molecule has 0 amide bonds. The topological polar surface area (TPSA) is 156 Å². The number of thioether (sulfide) groups is 1.